The van der Waals surface area contributed by atoms with Crippen molar-refractivity contribution in [2.75, 3.05) is 18.0 Å². The monoisotopic (exact) mass is 1070 g/mol. The number of carbonyl (C=O) groups is 7. The van der Waals surface area contributed by atoms with Gasteiger partial charge in [-0.2, -0.15) is 0 Å². The van der Waals surface area contributed by atoms with Crippen LogP contribution >= 0.6 is 15.9 Å². The van der Waals surface area contributed by atoms with Gasteiger partial charge < -0.3 is 50.9 Å². The van der Waals surface area contributed by atoms with E-state index in [9.17, 15) is 38.4 Å². The third kappa shape index (κ3) is 12.5. The molecule has 2 aliphatic heterocycles. The maximum absolute atomic E-state index is 15.2. The van der Waals surface area contributed by atoms with Crippen LogP contribution in [0, 0.1) is 5.92 Å². The van der Waals surface area contributed by atoms with Crippen LogP contribution in [-0.4, -0.2) is 88.2 Å². The molecule has 0 saturated carbocycles. The first kappa shape index (κ1) is 54.2. The van der Waals surface area contributed by atoms with Crippen LogP contribution in [0.4, 0.5) is 28.9 Å². The minimum atomic E-state index is -3.66. The standard InChI is InChI=1S/C49H57BrF2N8O12/c1-7-49(32-21-36-39-28(20-30-33(50)10-8-11-34(30)57-39)22-59(36)41(63)31(32)24-69-43(49)65)71-37(61)17-18-48(51,52)25-56-45(67)70-23-27-13-15-29(16-14-27)60(35(40(53)62)12-9-19-55-44(54)66)42(64)38(26(2)3)58-46(68)72-47(4,5)6/h8,10-11,13-16,20-21,26,35,38H,7,9,12,17-19,22-25H2,1-6H3,(H2,53,62)(H,56,67)(H,58,68)(H3,54,55,66)/t35-,38-,49-/m0/s1. The van der Waals surface area contributed by atoms with Crippen LogP contribution in [0.5, 0.6) is 0 Å². The van der Waals surface area contributed by atoms with Gasteiger partial charge in [-0.3, -0.25) is 24.1 Å². The van der Waals surface area contributed by atoms with Crippen molar-refractivity contribution in [3.8, 4) is 11.4 Å². The number of hydrogen-bond acceptors (Lipinski definition) is 13. The maximum atomic E-state index is 15.2. The smallest absolute Gasteiger partial charge is 0.408 e. The van der Waals surface area contributed by atoms with Crippen molar-refractivity contribution in [1.82, 2.24) is 25.5 Å². The Labute approximate surface area is 420 Å². The highest BCUT2D eigenvalue weighted by Gasteiger charge is 2.51. The van der Waals surface area contributed by atoms with Crippen LogP contribution in [0.25, 0.3) is 22.3 Å². The van der Waals surface area contributed by atoms with E-state index >= 15 is 8.78 Å². The highest BCUT2D eigenvalue weighted by Crippen LogP contribution is 2.42. The van der Waals surface area contributed by atoms with Gasteiger partial charge in [0.25, 0.3) is 17.4 Å². The van der Waals surface area contributed by atoms with E-state index in [0.29, 0.717) is 22.5 Å². The normalized spacial score (nSPS) is 15.8. The summed E-state index contributed by atoms with van der Waals surface area (Å²) >= 11 is 3.53. The second-order valence-corrected chi connectivity index (χ2v) is 19.6. The largest absolute Gasteiger partial charge is 0.457 e. The van der Waals surface area contributed by atoms with Gasteiger partial charge in [-0.05, 0) is 87.9 Å². The number of hydrogen-bond donors (Lipinski definition) is 5. The van der Waals surface area contributed by atoms with E-state index in [4.69, 9.17) is 35.4 Å². The van der Waals surface area contributed by atoms with E-state index in [0.717, 1.165) is 20.3 Å². The molecule has 0 bridgehead atoms. The van der Waals surface area contributed by atoms with Crippen molar-refractivity contribution in [1.29, 1.82) is 0 Å². The fraction of sp³-hybridized carbons (Fsp3) is 0.449. The molecule has 4 heterocycles. The van der Waals surface area contributed by atoms with E-state index in [1.54, 1.807) is 40.7 Å². The molecule has 72 heavy (non-hydrogen) atoms. The number of fused-ring (bicyclic) bond motifs is 5. The number of nitrogens with one attached hydrogen (secondary N) is 3. The number of nitrogens with zero attached hydrogens (tertiary/aromatic N) is 3. The predicted octanol–water partition coefficient (Wildman–Crippen LogP) is 5.92. The summed E-state index contributed by atoms with van der Waals surface area (Å²) in [5.74, 6) is -7.91. The maximum Gasteiger partial charge on any atom is 0.408 e. The van der Waals surface area contributed by atoms with Gasteiger partial charge in [-0.15, -0.1) is 0 Å². The van der Waals surface area contributed by atoms with E-state index in [-0.39, 0.29) is 55.8 Å². The number of primary amides is 2. The van der Waals surface area contributed by atoms with Crippen molar-refractivity contribution in [2.24, 2.45) is 17.4 Å². The molecule has 23 heteroatoms. The third-order valence-electron chi connectivity index (χ3n) is 12.0. The number of rotatable bonds is 19. The summed E-state index contributed by atoms with van der Waals surface area (Å²) in [6, 6.07) is 11.5. The van der Waals surface area contributed by atoms with Crippen LogP contribution in [0.15, 0.2) is 63.9 Å². The highest BCUT2D eigenvalue weighted by molar-refractivity contribution is 9.10. The molecule has 6 amide bonds. The molecular weight excluding hydrogens is 1010 g/mol. The van der Waals surface area contributed by atoms with Crippen molar-refractivity contribution < 1.29 is 61.3 Å². The van der Waals surface area contributed by atoms with Crippen molar-refractivity contribution in [2.45, 2.75) is 123 Å². The summed E-state index contributed by atoms with van der Waals surface area (Å²) < 4.78 is 54.3. The summed E-state index contributed by atoms with van der Waals surface area (Å²) in [5, 5.41) is 7.79. The molecule has 6 rings (SSSR count). The summed E-state index contributed by atoms with van der Waals surface area (Å²) in [6.45, 7) is 8.03. The molecule has 2 aromatic carbocycles. The number of ether oxygens (including phenoxy) is 4. The number of cyclic esters (lactones) is 1. The molecule has 0 radical (unpaired) electrons. The predicted molar refractivity (Wildman–Crippen MR) is 260 cm³/mol. The number of carbonyl (C=O) groups excluding carboxylic acids is 7. The molecule has 0 fully saturated rings. The Morgan fingerprint density at radius 3 is 2.35 bits per heavy atom. The van der Waals surface area contributed by atoms with Crippen LogP contribution in [0.1, 0.15) is 95.9 Å². The molecule has 0 aliphatic carbocycles. The zero-order valence-corrected chi connectivity index (χ0v) is 42.1. The zero-order chi connectivity index (χ0) is 52.9. The average Bonchev–Trinajstić information content (AvgIpc) is 3.67. The van der Waals surface area contributed by atoms with Gasteiger partial charge in [0.05, 0.1) is 42.0 Å². The Morgan fingerprint density at radius 1 is 1.00 bits per heavy atom. The lowest BCUT2D eigenvalue weighted by Gasteiger charge is -2.35. The van der Waals surface area contributed by atoms with Gasteiger partial charge in [0.15, 0.2) is 0 Å². The third-order valence-corrected chi connectivity index (χ3v) is 12.7. The van der Waals surface area contributed by atoms with Crippen LogP contribution in [0.2, 0.25) is 0 Å². The zero-order valence-electron chi connectivity index (χ0n) is 40.5. The Bertz CT molecular complexity index is 2840. The van der Waals surface area contributed by atoms with E-state index in [1.807, 2.05) is 29.6 Å². The second-order valence-electron chi connectivity index (χ2n) is 18.7. The number of alkyl carbamates (subject to hydrolysis) is 2. The van der Waals surface area contributed by atoms with Gasteiger partial charge in [0.2, 0.25) is 11.5 Å². The summed E-state index contributed by atoms with van der Waals surface area (Å²) in [6.07, 6.45) is -4.12. The number of nitrogens with two attached hydrogens (primary N) is 2. The van der Waals surface area contributed by atoms with Crippen LogP contribution in [-0.2, 0) is 63.5 Å². The number of alkyl halides is 2. The molecule has 0 spiro atoms. The van der Waals surface area contributed by atoms with E-state index < -0.39 is 109 Å². The fourth-order valence-electron chi connectivity index (χ4n) is 8.36. The molecule has 7 N–H and O–H groups in total. The van der Waals surface area contributed by atoms with Crippen molar-refractivity contribution in [3.63, 3.8) is 0 Å². The van der Waals surface area contributed by atoms with Gasteiger partial charge >= 0.3 is 30.2 Å². The summed E-state index contributed by atoms with van der Waals surface area (Å²) in [5.41, 5.74) is 10.5. The van der Waals surface area contributed by atoms with E-state index in [2.05, 4.69) is 26.6 Å². The molecule has 2 aliphatic rings. The molecule has 2 aromatic heterocycles. The molecule has 0 saturated heterocycles. The van der Waals surface area contributed by atoms with Crippen molar-refractivity contribution in [3.05, 3.63) is 91.7 Å². The fourth-order valence-corrected chi connectivity index (χ4v) is 8.83. The molecular formula is C49H57BrF2N8O12. The Morgan fingerprint density at radius 2 is 1.71 bits per heavy atom. The number of urea groups is 1. The van der Waals surface area contributed by atoms with Gasteiger partial charge in [0, 0.05) is 39.6 Å². The molecule has 386 valence electrons. The summed E-state index contributed by atoms with van der Waals surface area (Å²) in [7, 11) is 0. The lowest BCUT2D eigenvalue weighted by molar-refractivity contribution is -0.190. The first-order valence-electron chi connectivity index (χ1n) is 23.1. The number of anilines is 1. The van der Waals surface area contributed by atoms with Crippen LogP contribution < -0.4 is 37.9 Å². The first-order valence-corrected chi connectivity index (χ1v) is 23.9. The molecule has 0 unspecified atom stereocenters. The molecule has 3 atom stereocenters. The lowest BCUT2D eigenvalue weighted by atomic mass is 9.85. The van der Waals surface area contributed by atoms with Crippen LogP contribution in [0.3, 0.4) is 0 Å². The average molecular weight is 1070 g/mol. The lowest BCUT2D eigenvalue weighted by Crippen LogP contribution is -2.57. The quantitative estimate of drug-likeness (QED) is 0.0365. The molecule has 20 nitrogen and oxygen atoms in total. The summed E-state index contributed by atoms with van der Waals surface area (Å²) in [4.78, 5) is 110. The number of halogens is 3. The number of amides is 6. The molecule has 4 aromatic rings. The second kappa shape index (κ2) is 22.1. The van der Waals surface area contributed by atoms with Gasteiger partial charge in [-0.1, -0.05) is 54.9 Å². The topological polar surface area (TPSA) is 283 Å². The SMILES string of the molecule is CC[C@@]1(OC(=O)CCC(F)(F)CNC(=O)OCc2ccc(N(C(=O)[C@@H](NC(=O)OC(C)(C)C)C(C)C)[C@@H](CCCNC(N)=O)C(N)=O)cc2)C(=O)OCc2c1cc1n(c2=O)Cc2cc3c(Br)cccc3nc2-1. The van der Waals surface area contributed by atoms with E-state index in [1.165, 1.54) is 35.8 Å². The number of aromatic nitrogens is 2. The number of esters is 2. The highest BCUT2D eigenvalue weighted by atomic mass is 79.9. The number of benzene rings is 2. The van der Waals surface area contributed by atoms with Crippen molar-refractivity contribution >= 4 is 74.5 Å². The Balaban J connectivity index is 1.08. The Hall–Kier alpha value is -7.17. The number of pyridine rings is 2. The van der Waals surface area contributed by atoms with Gasteiger partial charge in [-0.25, -0.2) is 32.9 Å². The Kier molecular flexibility index (Phi) is 16.6. The minimum absolute atomic E-state index is 0.0208. The van der Waals surface area contributed by atoms with Gasteiger partial charge in [0.1, 0.15) is 30.9 Å². The first-order chi connectivity index (χ1) is 33.8. The minimum Gasteiger partial charge on any atom is -0.457 e.